The Labute approximate surface area is 223 Å². The van der Waals surface area contributed by atoms with Gasteiger partial charge < -0.3 is 19.3 Å². The number of hydrogen-bond donors (Lipinski definition) is 1. The quantitative estimate of drug-likeness (QED) is 0.194. The van der Waals surface area contributed by atoms with Gasteiger partial charge in [0.1, 0.15) is 23.0 Å². The number of amides is 1. The van der Waals surface area contributed by atoms with Crippen molar-refractivity contribution in [3.05, 3.63) is 89.5 Å². The van der Waals surface area contributed by atoms with Gasteiger partial charge in [-0.05, 0) is 69.2 Å². The second-order valence-electron chi connectivity index (χ2n) is 9.21. The highest BCUT2D eigenvalue weighted by atomic mass is 16.5. The van der Waals surface area contributed by atoms with Gasteiger partial charge in [-0.1, -0.05) is 37.3 Å². The number of Topliss-reactive ketones (excluding diaryl/α,β-unsaturated/α-hetero) is 1. The molecular formula is C31H33NO6. The standard InChI is InChI=1S/C31H33NO6/c1-5-16-37-24-13-8-11-22(18-24)29(33)27-28(21-10-7-15-26(17-21)38-20(3)4)32(31(35)30(27)34)23-12-9-14-25(19-23)36-6-2/h7-15,17-20,28,33H,5-6,16H2,1-4H3/b29-27+. The maximum absolute atomic E-state index is 13.5. The zero-order chi connectivity index (χ0) is 27.2. The summed E-state index contributed by atoms with van der Waals surface area (Å²) < 4.78 is 17.3. The molecule has 1 atom stereocenters. The van der Waals surface area contributed by atoms with Crippen molar-refractivity contribution in [2.75, 3.05) is 18.1 Å². The molecule has 38 heavy (non-hydrogen) atoms. The van der Waals surface area contributed by atoms with Crippen LogP contribution in [0.3, 0.4) is 0 Å². The molecule has 4 rings (SSSR count). The van der Waals surface area contributed by atoms with Crippen molar-refractivity contribution in [3.8, 4) is 17.2 Å². The second-order valence-corrected chi connectivity index (χ2v) is 9.21. The first-order chi connectivity index (χ1) is 18.3. The van der Waals surface area contributed by atoms with E-state index >= 15 is 0 Å². The molecule has 0 saturated carbocycles. The number of hydrogen-bond acceptors (Lipinski definition) is 6. The van der Waals surface area contributed by atoms with Gasteiger partial charge in [0, 0.05) is 17.3 Å². The van der Waals surface area contributed by atoms with E-state index in [1.54, 1.807) is 54.6 Å². The lowest BCUT2D eigenvalue weighted by Crippen LogP contribution is -2.29. The lowest BCUT2D eigenvalue weighted by Gasteiger charge is -2.26. The fraction of sp³-hybridized carbons (Fsp3) is 0.290. The lowest BCUT2D eigenvalue weighted by molar-refractivity contribution is -0.132. The Morgan fingerprint density at radius 2 is 1.58 bits per heavy atom. The Hall–Kier alpha value is -4.26. The van der Waals surface area contributed by atoms with E-state index < -0.39 is 17.7 Å². The molecule has 198 valence electrons. The highest BCUT2D eigenvalue weighted by Crippen LogP contribution is 2.43. The average molecular weight is 516 g/mol. The lowest BCUT2D eigenvalue weighted by atomic mass is 9.95. The van der Waals surface area contributed by atoms with Crippen molar-refractivity contribution in [1.29, 1.82) is 0 Å². The summed E-state index contributed by atoms with van der Waals surface area (Å²) in [5.74, 6) is -0.0417. The summed E-state index contributed by atoms with van der Waals surface area (Å²) in [7, 11) is 0. The zero-order valence-electron chi connectivity index (χ0n) is 22.1. The first kappa shape index (κ1) is 26.8. The third-order valence-electron chi connectivity index (χ3n) is 5.98. The van der Waals surface area contributed by atoms with Crippen LogP contribution in [0.15, 0.2) is 78.4 Å². The van der Waals surface area contributed by atoms with Gasteiger partial charge in [0.15, 0.2) is 0 Å². The van der Waals surface area contributed by atoms with Crippen molar-refractivity contribution < 1.29 is 28.9 Å². The Morgan fingerprint density at radius 1 is 0.895 bits per heavy atom. The molecule has 0 aromatic heterocycles. The third-order valence-corrected chi connectivity index (χ3v) is 5.98. The number of anilines is 1. The summed E-state index contributed by atoms with van der Waals surface area (Å²) in [6, 6.07) is 20.3. The van der Waals surface area contributed by atoms with Crippen molar-refractivity contribution in [2.45, 2.75) is 46.3 Å². The molecule has 1 aliphatic heterocycles. The van der Waals surface area contributed by atoms with Crippen molar-refractivity contribution in [2.24, 2.45) is 0 Å². The van der Waals surface area contributed by atoms with E-state index in [-0.39, 0.29) is 17.4 Å². The molecule has 1 aliphatic rings. The van der Waals surface area contributed by atoms with Crippen LogP contribution >= 0.6 is 0 Å². The van der Waals surface area contributed by atoms with Gasteiger partial charge in [-0.3, -0.25) is 14.5 Å². The minimum atomic E-state index is -0.886. The SMILES string of the molecule is CCCOc1cccc(/C(O)=C2\C(=O)C(=O)N(c3cccc(OCC)c3)C2c2cccc(OC(C)C)c2)c1. The van der Waals surface area contributed by atoms with Crippen LogP contribution in [-0.4, -0.2) is 36.1 Å². The van der Waals surface area contributed by atoms with Crippen molar-refractivity contribution in [1.82, 2.24) is 0 Å². The van der Waals surface area contributed by atoms with Gasteiger partial charge in [-0.2, -0.15) is 0 Å². The number of carbonyl (C=O) groups excluding carboxylic acids is 2. The Balaban J connectivity index is 1.89. The molecule has 1 saturated heterocycles. The molecule has 3 aromatic rings. The Morgan fingerprint density at radius 3 is 2.29 bits per heavy atom. The topological polar surface area (TPSA) is 85.3 Å². The first-order valence-corrected chi connectivity index (χ1v) is 12.9. The average Bonchev–Trinajstić information content (AvgIpc) is 3.17. The van der Waals surface area contributed by atoms with E-state index in [0.29, 0.717) is 47.3 Å². The first-order valence-electron chi connectivity index (χ1n) is 12.9. The van der Waals surface area contributed by atoms with E-state index in [1.165, 1.54) is 4.90 Å². The largest absolute Gasteiger partial charge is 0.507 e. The van der Waals surface area contributed by atoms with E-state index in [1.807, 2.05) is 45.9 Å². The van der Waals surface area contributed by atoms with Crippen LogP contribution in [0.2, 0.25) is 0 Å². The summed E-state index contributed by atoms with van der Waals surface area (Å²) in [4.78, 5) is 28.4. The zero-order valence-corrected chi connectivity index (χ0v) is 22.1. The number of benzene rings is 3. The summed E-state index contributed by atoms with van der Waals surface area (Å²) in [5, 5.41) is 11.5. The number of ether oxygens (including phenoxy) is 3. The van der Waals surface area contributed by atoms with Crippen LogP contribution < -0.4 is 19.1 Å². The fourth-order valence-corrected chi connectivity index (χ4v) is 4.44. The molecule has 1 amide bonds. The van der Waals surface area contributed by atoms with Gasteiger partial charge in [0.05, 0.1) is 30.9 Å². The minimum absolute atomic E-state index is 0.00819. The Bertz CT molecular complexity index is 1350. The van der Waals surface area contributed by atoms with Crippen LogP contribution in [0.25, 0.3) is 5.76 Å². The predicted molar refractivity (Wildman–Crippen MR) is 147 cm³/mol. The number of rotatable bonds is 10. The van der Waals surface area contributed by atoms with E-state index in [2.05, 4.69) is 0 Å². The number of aliphatic hydroxyl groups excluding tert-OH is 1. The van der Waals surface area contributed by atoms with E-state index in [9.17, 15) is 14.7 Å². The van der Waals surface area contributed by atoms with E-state index in [0.717, 1.165) is 6.42 Å². The fourth-order valence-electron chi connectivity index (χ4n) is 4.44. The van der Waals surface area contributed by atoms with Gasteiger partial charge in [-0.15, -0.1) is 0 Å². The molecule has 3 aromatic carbocycles. The second kappa shape index (κ2) is 11.9. The summed E-state index contributed by atoms with van der Waals surface area (Å²) in [6.07, 6.45) is 0.766. The highest BCUT2D eigenvalue weighted by molar-refractivity contribution is 6.51. The van der Waals surface area contributed by atoms with Gasteiger partial charge >= 0.3 is 0 Å². The van der Waals surface area contributed by atoms with E-state index in [4.69, 9.17) is 14.2 Å². The molecule has 1 unspecified atom stereocenters. The maximum Gasteiger partial charge on any atom is 0.300 e. The normalized spacial score (nSPS) is 16.7. The summed E-state index contributed by atoms with van der Waals surface area (Å²) in [6.45, 7) is 8.70. The van der Waals surface area contributed by atoms with Crippen LogP contribution in [-0.2, 0) is 9.59 Å². The molecular weight excluding hydrogens is 482 g/mol. The molecule has 7 nitrogen and oxygen atoms in total. The number of aliphatic hydroxyl groups is 1. The van der Waals surface area contributed by atoms with Crippen molar-refractivity contribution in [3.63, 3.8) is 0 Å². The molecule has 0 radical (unpaired) electrons. The van der Waals surface area contributed by atoms with Crippen LogP contribution in [0.1, 0.15) is 51.3 Å². The Kier molecular flexibility index (Phi) is 8.36. The third kappa shape index (κ3) is 5.67. The number of nitrogens with zero attached hydrogens (tertiary/aromatic N) is 1. The minimum Gasteiger partial charge on any atom is -0.507 e. The van der Waals surface area contributed by atoms with Crippen LogP contribution in [0.4, 0.5) is 5.69 Å². The molecule has 0 spiro atoms. The molecule has 0 bridgehead atoms. The van der Waals surface area contributed by atoms with Gasteiger partial charge in [0.25, 0.3) is 11.7 Å². The van der Waals surface area contributed by atoms with Crippen LogP contribution in [0, 0.1) is 0 Å². The predicted octanol–water partition coefficient (Wildman–Crippen LogP) is 6.29. The molecule has 1 N–H and O–H groups in total. The van der Waals surface area contributed by atoms with Gasteiger partial charge in [-0.25, -0.2) is 0 Å². The molecule has 1 fully saturated rings. The highest BCUT2D eigenvalue weighted by Gasteiger charge is 2.47. The maximum atomic E-state index is 13.5. The molecule has 1 heterocycles. The summed E-state index contributed by atoms with van der Waals surface area (Å²) >= 11 is 0. The van der Waals surface area contributed by atoms with Crippen LogP contribution in [0.5, 0.6) is 17.2 Å². The smallest absolute Gasteiger partial charge is 0.300 e. The number of ketones is 1. The monoisotopic (exact) mass is 515 g/mol. The summed E-state index contributed by atoms with van der Waals surface area (Å²) in [5.41, 5.74) is 1.49. The molecule has 7 heteroatoms. The van der Waals surface area contributed by atoms with Crippen molar-refractivity contribution >= 4 is 23.1 Å². The molecule has 0 aliphatic carbocycles. The van der Waals surface area contributed by atoms with Gasteiger partial charge in [0.2, 0.25) is 0 Å². The number of carbonyl (C=O) groups is 2.